The molecule has 0 saturated carbocycles. The Labute approximate surface area is 180 Å². The fourth-order valence-corrected chi connectivity index (χ4v) is 3.46. The van der Waals surface area contributed by atoms with E-state index >= 15 is 0 Å². The van der Waals surface area contributed by atoms with Crippen LogP contribution in [0.1, 0.15) is 18.9 Å². The molecule has 2 aromatic carbocycles. The second-order valence-corrected chi connectivity index (χ2v) is 7.45. The second-order valence-electron chi connectivity index (χ2n) is 6.46. The number of rotatable bonds is 7. The fraction of sp³-hybridized carbons (Fsp3) is 0.190. The highest BCUT2D eigenvalue weighted by molar-refractivity contribution is 8.18. The molecule has 0 spiro atoms. The lowest BCUT2D eigenvalue weighted by atomic mass is 10.2. The zero-order chi connectivity index (χ0) is 22.5. The number of ether oxygens (including phenoxy) is 1. The van der Waals surface area contributed by atoms with Crippen molar-refractivity contribution in [1.29, 1.82) is 0 Å². The Hall–Kier alpha value is -3.27. The molecule has 1 aliphatic heterocycles. The highest BCUT2D eigenvalue weighted by atomic mass is 32.2. The maximum absolute atomic E-state index is 13.7. The predicted octanol–water partition coefficient (Wildman–Crippen LogP) is 4.57. The van der Waals surface area contributed by atoms with Crippen LogP contribution < -0.4 is 10.1 Å². The summed E-state index contributed by atoms with van der Waals surface area (Å²) in [6.07, 6.45) is 2.37. The number of carbonyl (C=O) groups excluding carboxylic acids is 3. The first-order chi connectivity index (χ1) is 14.8. The van der Waals surface area contributed by atoms with E-state index in [-0.39, 0.29) is 4.91 Å². The number of nitrogens with zero attached hydrogens (tertiary/aromatic N) is 1. The van der Waals surface area contributed by atoms with Gasteiger partial charge in [-0.05, 0) is 54.1 Å². The lowest BCUT2D eigenvalue weighted by molar-refractivity contribution is -0.127. The van der Waals surface area contributed by atoms with Gasteiger partial charge >= 0.3 is 0 Å². The summed E-state index contributed by atoms with van der Waals surface area (Å²) in [5.41, 5.74) is 0.0550. The number of imide groups is 1. The van der Waals surface area contributed by atoms with Gasteiger partial charge in [0.05, 0.1) is 17.2 Å². The van der Waals surface area contributed by atoms with Crippen LogP contribution in [0.2, 0.25) is 0 Å². The predicted molar refractivity (Wildman–Crippen MR) is 110 cm³/mol. The topological polar surface area (TPSA) is 75.7 Å². The Morgan fingerprint density at radius 2 is 1.81 bits per heavy atom. The van der Waals surface area contributed by atoms with Crippen molar-refractivity contribution >= 4 is 40.6 Å². The van der Waals surface area contributed by atoms with Gasteiger partial charge in [-0.2, -0.15) is 0 Å². The Bertz CT molecular complexity index is 1060. The molecule has 31 heavy (non-hydrogen) atoms. The van der Waals surface area contributed by atoms with Crippen molar-refractivity contribution in [3.05, 3.63) is 64.3 Å². The monoisotopic (exact) mass is 450 g/mol. The first-order valence-electron chi connectivity index (χ1n) is 9.21. The largest absolute Gasteiger partial charge is 0.494 e. The fourth-order valence-electron chi connectivity index (χ4n) is 2.62. The molecule has 3 rings (SSSR count). The molecule has 6 nitrogen and oxygen atoms in total. The van der Waals surface area contributed by atoms with Gasteiger partial charge in [-0.3, -0.25) is 19.3 Å². The molecule has 3 amide bonds. The second kappa shape index (κ2) is 9.69. The van der Waals surface area contributed by atoms with E-state index in [9.17, 15) is 27.6 Å². The molecule has 10 heteroatoms. The molecule has 0 aromatic heterocycles. The van der Waals surface area contributed by atoms with E-state index in [0.717, 1.165) is 12.5 Å². The molecule has 162 valence electrons. The van der Waals surface area contributed by atoms with Crippen LogP contribution in [0.5, 0.6) is 5.75 Å². The highest BCUT2D eigenvalue weighted by Gasteiger charge is 2.36. The zero-order valence-corrected chi connectivity index (χ0v) is 17.1. The third-order valence-corrected chi connectivity index (χ3v) is 5.04. The average Bonchev–Trinajstić information content (AvgIpc) is 3.01. The molecule has 1 fully saturated rings. The molecule has 2 aromatic rings. The van der Waals surface area contributed by atoms with Crippen LogP contribution in [0, 0.1) is 17.5 Å². The molecule has 0 atom stereocenters. The van der Waals surface area contributed by atoms with Crippen molar-refractivity contribution in [1.82, 2.24) is 4.90 Å². The van der Waals surface area contributed by atoms with Crippen LogP contribution in [0.15, 0.2) is 41.3 Å². The summed E-state index contributed by atoms with van der Waals surface area (Å²) in [4.78, 5) is 37.6. The van der Waals surface area contributed by atoms with Gasteiger partial charge < -0.3 is 10.1 Å². The van der Waals surface area contributed by atoms with E-state index < -0.39 is 46.7 Å². The molecular formula is C21H17F3N2O4S. The first kappa shape index (κ1) is 22.4. The highest BCUT2D eigenvalue weighted by Crippen LogP contribution is 2.32. The van der Waals surface area contributed by atoms with E-state index in [1.165, 1.54) is 6.08 Å². The van der Waals surface area contributed by atoms with E-state index in [2.05, 4.69) is 0 Å². The molecule has 1 saturated heterocycles. The summed E-state index contributed by atoms with van der Waals surface area (Å²) >= 11 is 0.654. The van der Waals surface area contributed by atoms with E-state index in [1.54, 1.807) is 24.3 Å². The molecule has 0 bridgehead atoms. The normalized spacial score (nSPS) is 15.0. The number of amides is 3. The summed E-state index contributed by atoms with van der Waals surface area (Å²) in [5, 5.41) is 1.34. The van der Waals surface area contributed by atoms with E-state index in [0.29, 0.717) is 40.6 Å². The number of hydrogen-bond acceptors (Lipinski definition) is 5. The van der Waals surface area contributed by atoms with Crippen LogP contribution in [0.25, 0.3) is 6.08 Å². The van der Waals surface area contributed by atoms with Crippen molar-refractivity contribution in [3.63, 3.8) is 0 Å². The lowest BCUT2D eigenvalue weighted by Gasteiger charge is -2.13. The summed E-state index contributed by atoms with van der Waals surface area (Å²) < 4.78 is 45.4. The molecule has 1 N–H and O–H groups in total. The smallest absolute Gasteiger partial charge is 0.294 e. The summed E-state index contributed by atoms with van der Waals surface area (Å²) in [7, 11) is 0. The molecule has 0 unspecified atom stereocenters. The van der Waals surface area contributed by atoms with Crippen molar-refractivity contribution in [2.24, 2.45) is 0 Å². The zero-order valence-electron chi connectivity index (χ0n) is 16.3. The van der Waals surface area contributed by atoms with Gasteiger partial charge in [-0.1, -0.05) is 19.1 Å². The maximum atomic E-state index is 13.7. The minimum atomic E-state index is -1.74. The van der Waals surface area contributed by atoms with E-state index in [4.69, 9.17) is 4.74 Å². The number of carbonyl (C=O) groups is 3. The Kier molecular flexibility index (Phi) is 7.01. The first-order valence-corrected chi connectivity index (χ1v) is 10.0. The van der Waals surface area contributed by atoms with Gasteiger partial charge in [-0.15, -0.1) is 0 Å². The maximum Gasteiger partial charge on any atom is 0.294 e. The van der Waals surface area contributed by atoms with Gasteiger partial charge in [0.2, 0.25) is 5.91 Å². The van der Waals surface area contributed by atoms with Gasteiger partial charge in [-0.25, -0.2) is 13.2 Å². The van der Waals surface area contributed by atoms with Crippen LogP contribution in [0.3, 0.4) is 0 Å². The van der Waals surface area contributed by atoms with E-state index in [1.807, 2.05) is 12.2 Å². The Morgan fingerprint density at radius 1 is 1.10 bits per heavy atom. The quantitative estimate of drug-likeness (QED) is 0.494. The van der Waals surface area contributed by atoms with Crippen LogP contribution >= 0.6 is 11.8 Å². The SMILES string of the molecule is CCCOc1ccc(/C=C2\SC(=O)N(CC(=O)Nc3ccc(F)c(F)c3F)C2=O)cc1. The summed E-state index contributed by atoms with van der Waals surface area (Å²) in [6.45, 7) is 1.86. The summed E-state index contributed by atoms with van der Waals surface area (Å²) in [6, 6.07) is 8.39. The third-order valence-electron chi connectivity index (χ3n) is 4.14. The average molecular weight is 450 g/mol. The number of nitrogens with one attached hydrogen (secondary N) is 1. The van der Waals surface area contributed by atoms with Crippen molar-refractivity contribution in [2.75, 3.05) is 18.5 Å². The van der Waals surface area contributed by atoms with Crippen molar-refractivity contribution in [3.8, 4) is 5.75 Å². The van der Waals surface area contributed by atoms with Crippen LogP contribution in [-0.2, 0) is 9.59 Å². The van der Waals surface area contributed by atoms with Gasteiger partial charge in [0.25, 0.3) is 11.1 Å². The molecule has 0 radical (unpaired) electrons. The molecular weight excluding hydrogens is 433 g/mol. The summed E-state index contributed by atoms with van der Waals surface area (Å²) in [5.74, 6) is -5.68. The number of anilines is 1. The van der Waals surface area contributed by atoms with Gasteiger partial charge in [0, 0.05) is 0 Å². The standard InChI is InChI=1S/C21H17F3N2O4S/c1-2-9-30-13-5-3-12(4-6-13)10-16-20(28)26(21(29)31-16)11-17(27)25-15-8-7-14(22)18(23)19(15)24/h3-8,10H,2,9,11H2,1H3,(H,25,27)/b16-10-. The molecule has 0 aliphatic carbocycles. The Morgan fingerprint density at radius 3 is 2.48 bits per heavy atom. The Balaban J connectivity index is 1.66. The van der Waals surface area contributed by atoms with Crippen LogP contribution in [0.4, 0.5) is 23.7 Å². The van der Waals surface area contributed by atoms with Gasteiger partial charge in [0.15, 0.2) is 17.5 Å². The minimum Gasteiger partial charge on any atom is -0.494 e. The van der Waals surface area contributed by atoms with Crippen molar-refractivity contribution in [2.45, 2.75) is 13.3 Å². The van der Waals surface area contributed by atoms with Gasteiger partial charge in [0.1, 0.15) is 12.3 Å². The van der Waals surface area contributed by atoms with Crippen molar-refractivity contribution < 1.29 is 32.3 Å². The van der Waals surface area contributed by atoms with Crippen LogP contribution in [-0.4, -0.2) is 35.1 Å². The third kappa shape index (κ3) is 5.26. The molecule has 1 heterocycles. The lowest BCUT2D eigenvalue weighted by Crippen LogP contribution is -2.36. The number of benzene rings is 2. The number of hydrogen-bond donors (Lipinski definition) is 1. The minimum absolute atomic E-state index is 0.110. The number of halogens is 3. The molecule has 1 aliphatic rings. The number of thioether (sulfide) groups is 1.